The molecule has 0 aliphatic rings. The fraction of sp³-hybridized carbons (Fsp3) is 0.235. The predicted molar refractivity (Wildman–Crippen MR) is 178 cm³/mol. The van der Waals surface area contributed by atoms with Gasteiger partial charge in [-0.3, -0.25) is 9.52 Å². The van der Waals surface area contributed by atoms with Crippen molar-refractivity contribution in [3.8, 4) is 5.75 Å². The van der Waals surface area contributed by atoms with Crippen molar-refractivity contribution in [3.05, 3.63) is 119 Å². The Morgan fingerprint density at radius 2 is 1.69 bits per heavy atom. The summed E-state index contributed by atoms with van der Waals surface area (Å²) < 4.78 is 33.6. The lowest BCUT2D eigenvalue weighted by Crippen LogP contribution is -2.24. The molecule has 5 rings (SSSR count). The molecular formula is C34H37N5O5S. The molecule has 2 aromatic heterocycles. The van der Waals surface area contributed by atoms with E-state index < -0.39 is 16.1 Å². The van der Waals surface area contributed by atoms with Gasteiger partial charge in [0.25, 0.3) is 10.0 Å². The summed E-state index contributed by atoms with van der Waals surface area (Å²) in [6.45, 7) is 3.67. The molecule has 0 bridgehead atoms. The van der Waals surface area contributed by atoms with E-state index in [9.17, 15) is 18.3 Å². The maximum absolute atomic E-state index is 12.6. The number of hydrogen-bond donors (Lipinski definition) is 5. The predicted octanol–water partition coefficient (Wildman–Crippen LogP) is 5.51. The van der Waals surface area contributed by atoms with Gasteiger partial charge < -0.3 is 25.5 Å². The Kier molecular flexibility index (Phi) is 10.5. The minimum Gasteiger partial charge on any atom is -0.491 e. The third kappa shape index (κ3) is 8.48. The Balaban J connectivity index is 1.11. The van der Waals surface area contributed by atoms with E-state index in [0.29, 0.717) is 31.0 Å². The van der Waals surface area contributed by atoms with E-state index in [1.165, 1.54) is 12.3 Å². The molecule has 0 aliphatic heterocycles. The fourth-order valence-electron chi connectivity index (χ4n) is 4.83. The van der Waals surface area contributed by atoms with Gasteiger partial charge in [0.2, 0.25) is 5.56 Å². The van der Waals surface area contributed by atoms with E-state index in [2.05, 4.69) is 32.2 Å². The molecule has 1 atom stereocenters. The van der Waals surface area contributed by atoms with Crippen LogP contribution in [0.5, 0.6) is 5.75 Å². The first-order valence-electron chi connectivity index (χ1n) is 14.9. The van der Waals surface area contributed by atoms with Crippen molar-refractivity contribution in [1.29, 1.82) is 0 Å². The number of rotatable bonds is 15. The molecule has 11 heteroatoms. The van der Waals surface area contributed by atoms with Crippen molar-refractivity contribution in [2.24, 2.45) is 0 Å². The maximum atomic E-state index is 12.6. The van der Waals surface area contributed by atoms with Crippen molar-refractivity contribution >= 4 is 38.1 Å². The number of unbranched alkanes of at least 4 members (excludes halogenated alkanes) is 1. The molecule has 45 heavy (non-hydrogen) atoms. The molecule has 234 valence electrons. The number of H-pyrrole nitrogens is 1. The summed E-state index contributed by atoms with van der Waals surface area (Å²) in [5.74, 6) is 0.869. The topological polar surface area (TPSA) is 145 Å². The molecule has 0 amide bonds. The highest BCUT2D eigenvalue weighted by molar-refractivity contribution is 7.92. The van der Waals surface area contributed by atoms with E-state index in [4.69, 9.17) is 4.74 Å². The molecule has 10 nitrogen and oxygen atoms in total. The Bertz CT molecular complexity index is 1860. The molecule has 0 unspecified atom stereocenters. The average Bonchev–Trinajstić information content (AvgIpc) is 3.04. The number of nitrogens with zero attached hydrogens (tertiary/aromatic N) is 1. The number of pyridine rings is 2. The number of fused-ring (bicyclic) bond motifs is 1. The number of ether oxygens (including phenoxy) is 1. The molecule has 5 aromatic rings. The van der Waals surface area contributed by atoms with E-state index >= 15 is 0 Å². The monoisotopic (exact) mass is 627 g/mol. The molecule has 0 fully saturated rings. The minimum atomic E-state index is -3.74. The molecule has 2 heterocycles. The highest BCUT2D eigenvalue weighted by Gasteiger charge is 2.16. The quantitative estimate of drug-likeness (QED) is 0.0956. The highest BCUT2D eigenvalue weighted by atomic mass is 32.2. The van der Waals surface area contributed by atoms with Crippen molar-refractivity contribution in [2.75, 3.05) is 29.7 Å². The van der Waals surface area contributed by atoms with E-state index in [-0.39, 0.29) is 16.3 Å². The van der Waals surface area contributed by atoms with Crippen molar-refractivity contribution in [2.45, 2.75) is 37.2 Å². The largest absolute Gasteiger partial charge is 0.491 e. The molecule has 3 aromatic carbocycles. The van der Waals surface area contributed by atoms with Gasteiger partial charge in [-0.15, -0.1) is 0 Å². The smallest absolute Gasteiger partial charge is 0.263 e. The summed E-state index contributed by atoms with van der Waals surface area (Å²) in [6.07, 6.45) is 3.45. The first-order valence-corrected chi connectivity index (χ1v) is 16.4. The van der Waals surface area contributed by atoms with Crippen LogP contribution in [-0.4, -0.2) is 43.2 Å². The second-order valence-electron chi connectivity index (χ2n) is 10.6. The van der Waals surface area contributed by atoms with Crippen LogP contribution in [0, 0.1) is 0 Å². The van der Waals surface area contributed by atoms with Gasteiger partial charge in [-0.05, 0) is 91.2 Å². The molecule has 0 radical (unpaired) electrons. The van der Waals surface area contributed by atoms with Crippen LogP contribution in [0.15, 0.2) is 107 Å². The first-order chi connectivity index (χ1) is 21.8. The highest BCUT2D eigenvalue weighted by Crippen LogP contribution is 2.30. The lowest BCUT2D eigenvalue weighted by molar-refractivity contribution is 0.176. The molecule has 0 saturated heterocycles. The number of anilines is 3. The van der Waals surface area contributed by atoms with Gasteiger partial charge in [0.05, 0.1) is 23.1 Å². The minimum absolute atomic E-state index is 0.142. The zero-order valence-corrected chi connectivity index (χ0v) is 25.8. The normalized spacial score (nSPS) is 12.1. The number of hydrogen-bond acceptors (Lipinski definition) is 8. The summed E-state index contributed by atoms with van der Waals surface area (Å²) in [6, 6.07) is 26.4. The van der Waals surface area contributed by atoms with Gasteiger partial charge in [-0.25, -0.2) is 13.4 Å². The number of aromatic nitrogens is 2. The summed E-state index contributed by atoms with van der Waals surface area (Å²) in [4.78, 5) is 19.0. The fourth-order valence-corrected chi connectivity index (χ4v) is 5.83. The standard InChI is InChI=1S/C34H37N5O5S/c1-2-3-22-44-31-17-15-28(29-16-18-33(41)38-34(29)31)30(40)23-35-21-19-24-7-9-25(10-8-24)37-26-11-13-27(14-12-26)45(42,43)39-32-6-4-5-20-36-32/h4-18,20,30,35,37,40H,2-3,19,21-23H2,1H3,(H,36,39)(H,38,41)/t30-/m0/s1. The summed E-state index contributed by atoms with van der Waals surface area (Å²) in [5.41, 5.74) is 3.86. The number of nitrogens with one attached hydrogen (secondary N) is 4. The van der Waals surface area contributed by atoms with Gasteiger partial charge in [0, 0.05) is 35.6 Å². The van der Waals surface area contributed by atoms with Crippen LogP contribution >= 0.6 is 0 Å². The summed E-state index contributed by atoms with van der Waals surface area (Å²) in [5, 5.41) is 18.3. The van der Waals surface area contributed by atoms with E-state index in [1.807, 2.05) is 30.3 Å². The second kappa shape index (κ2) is 14.8. The lowest BCUT2D eigenvalue weighted by atomic mass is 10.0. The number of benzene rings is 3. The second-order valence-corrected chi connectivity index (χ2v) is 12.3. The van der Waals surface area contributed by atoms with Crippen LogP contribution in [0.1, 0.15) is 37.0 Å². The maximum Gasteiger partial charge on any atom is 0.263 e. The first kappa shape index (κ1) is 31.7. The number of aliphatic hydroxyl groups excluding tert-OH is 1. The van der Waals surface area contributed by atoms with Crippen LogP contribution in [0.25, 0.3) is 10.9 Å². The third-order valence-corrected chi connectivity index (χ3v) is 8.61. The third-order valence-electron chi connectivity index (χ3n) is 7.24. The molecule has 0 saturated carbocycles. The Morgan fingerprint density at radius 1 is 0.933 bits per heavy atom. The number of sulfonamides is 1. The van der Waals surface area contributed by atoms with Gasteiger partial charge in [-0.2, -0.15) is 0 Å². The molecule has 0 spiro atoms. The zero-order chi connectivity index (χ0) is 31.6. The molecular weight excluding hydrogens is 590 g/mol. The SMILES string of the molecule is CCCCOc1ccc([C@@H](O)CNCCc2ccc(Nc3ccc(S(=O)(=O)Nc4ccccn4)cc3)cc2)c2ccc(=O)[nH]c12. The van der Waals surface area contributed by atoms with Gasteiger partial charge in [0.15, 0.2) is 0 Å². The molecule has 5 N–H and O–H groups in total. The Labute approximate surface area is 262 Å². The van der Waals surface area contributed by atoms with Crippen LogP contribution in [-0.2, 0) is 16.4 Å². The van der Waals surface area contributed by atoms with Crippen LogP contribution in [0.2, 0.25) is 0 Å². The zero-order valence-electron chi connectivity index (χ0n) is 25.0. The lowest BCUT2D eigenvalue weighted by Gasteiger charge is -2.17. The number of aromatic amines is 1. The van der Waals surface area contributed by atoms with E-state index in [0.717, 1.165) is 47.2 Å². The van der Waals surface area contributed by atoms with Gasteiger partial charge in [0.1, 0.15) is 11.6 Å². The molecule has 0 aliphatic carbocycles. The van der Waals surface area contributed by atoms with Crippen LogP contribution in [0.3, 0.4) is 0 Å². The number of aliphatic hydroxyl groups is 1. The van der Waals surface area contributed by atoms with E-state index in [1.54, 1.807) is 54.6 Å². The average molecular weight is 628 g/mol. The summed E-state index contributed by atoms with van der Waals surface area (Å²) in [7, 11) is -3.74. The van der Waals surface area contributed by atoms with Crippen molar-refractivity contribution in [3.63, 3.8) is 0 Å². The van der Waals surface area contributed by atoms with Crippen molar-refractivity contribution < 1.29 is 18.3 Å². The Morgan fingerprint density at radius 3 is 2.40 bits per heavy atom. The van der Waals surface area contributed by atoms with Gasteiger partial charge >= 0.3 is 0 Å². The Hall–Kier alpha value is -4.71. The van der Waals surface area contributed by atoms with Crippen LogP contribution < -0.4 is 25.7 Å². The van der Waals surface area contributed by atoms with Gasteiger partial charge in [-0.1, -0.05) is 37.6 Å². The van der Waals surface area contributed by atoms with Crippen molar-refractivity contribution in [1.82, 2.24) is 15.3 Å². The van der Waals surface area contributed by atoms with Crippen LogP contribution in [0.4, 0.5) is 17.2 Å². The summed E-state index contributed by atoms with van der Waals surface area (Å²) >= 11 is 0.